The molecule has 0 aromatic rings. The smallest absolute Gasteiger partial charge is 0.221 e. The van der Waals surface area contributed by atoms with Gasteiger partial charge in [0.05, 0.1) is 0 Å². The summed E-state index contributed by atoms with van der Waals surface area (Å²) in [7, 11) is 0. The molecule has 0 spiro atoms. The maximum atomic E-state index is 11.2. The summed E-state index contributed by atoms with van der Waals surface area (Å²) in [5.74, 6) is -0.0354. The summed E-state index contributed by atoms with van der Waals surface area (Å²) in [6.07, 6.45) is 2.01. The summed E-state index contributed by atoms with van der Waals surface area (Å²) in [6.45, 7) is 2.96. The van der Waals surface area contributed by atoms with Crippen molar-refractivity contribution in [2.45, 2.75) is 38.3 Å². The fourth-order valence-electron chi connectivity index (χ4n) is 1.07. The summed E-state index contributed by atoms with van der Waals surface area (Å²) in [4.78, 5) is 11.2. The van der Waals surface area contributed by atoms with Crippen molar-refractivity contribution in [3.8, 4) is 0 Å². The Balaban J connectivity index is 3.50. The molecule has 5 heteroatoms. The quantitative estimate of drug-likeness (QED) is 0.420. The van der Waals surface area contributed by atoms with Gasteiger partial charge in [-0.25, -0.2) is 0 Å². The third-order valence-corrected chi connectivity index (χ3v) is 1.85. The molecule has 84 valence electrons. The second-order valence-corrected chi connectivity index (χ2v) is 3.68. The van der Waals surface area contributed by atoms with Crippen LogP contribution in [0.2, 0.25) is 0 Å². The number of amides is 1. The van der Waals surface area contributed by atoms with Crippen molar-refractivity contribution in [2.75, 3.05) is 13.1 Å². The molecular formula is C9H22N4O. The average molecular weight is 202 g/mol. The van der Waals surface area contributed by atoms with Gasteiger partial charge in [-0.15, -0.1) is 0 Å². The topological polar surface area (TPSA) is 107 Å². The Morgan fingerprint density at radius 1 is 1.43 bits per heavy atom. The number of carbonyl (C=O) groups excluding carboxylic acids is 1. The van der Waals surface area contributed by atoms with E-state index in [-0.39, 0.29) is 18.0 Å². The van der Waals surface area contributed by atoms with Gasteiger partial charge in [0, 0.05) is 25.0 Å². The number of nitrogens with two attached hydrogens (primary N) is 3. The molecule has 0 fully saturated rings. The van der Waals surface area contributed by atoms with Crippen LogP contribution >= 0.6 is 0 Å². The van der Waals surface area contributed by atoms with Crippen LogP contribution in [0, 0.1) is 0 Å². The molecule has 14 heavy (non-hydrogen) atoms. The average Bonchev–Trinajstić information content (AvgIpc) is 2.11. The lowest BCUT2D eigenvalue weighted by atomic mass is 10.1. The van der Waals surface area contributed by atoms with Crippen LogP contribution in [0.4, 0.5) is 0 Å². The van der Waals surface area contributed by atoms with Crippen molar-refractivity contribution < 1.29 is 4.79 Å². The fourth-order valence-corrected chi connectivity index (χ4v) is 1.07. The van der Waals surface area contributed by atoms with Gasteiger partial charge in [0.15, 0.2) is 0 Å². The van der Waals surface area contributed by atoms with Crippen LogP contribution in [0.1, 0.15) is 26.2 Å². The summed E-state index contributed by atoms with van der Waals surface area (Å²) >= 11 is 0. The molecule has 0 bridgehead atoms. The molecule has 0 radical (unpaired) electrons. The van der Waals surface area contributed by atoms with Gasteiger partial charge in [-0.1, -0.05) is 0 Å². The predicted molar refractivity (Wildman–Crippen MR) is 57.5 cm³/mol. The molecule has 1 unspecified atom stereocenters. The maximum absolute atomic E-state index is 11.2. The minimum atomic E-state index is -0.0911. The van der Waals surface area contributed by atoms with E-state index in [4.69, 9.17) is 17.2 Å². The minimum absolute atomic E-state index is 0.0146. The SMILES string of the molecule is C[C@@H](N)CNC(=O)CC(N)CCCN. The Labute approximate surface area is 85.4 Å². The molecule has 0 saturated heterocycles. The van der Waals surface area contributed by atoms with Crippen LogP contribution in [0.25, 0.3) is 0 Å². The van der Waals surface area contributed by atoms with Crippen LogP contribution < -0.4 is 22.5 Å². The highest BCUT2D eigenvalue weighted by molar-refractivity contribution is 5.76. The first-order valence-electron chi connectivity index (χ1n) is 5.04. The fraction of sp³-hybridized carbons (Fsp3) is 0.889. The number of rotatable bonds is 7. The Hall–Kier alpha value is -0.650. The third-order valence-electron chi connectivity index (χ3n) is 1.85. The van der Waals surface area contributed by atoms with Crippen LogP contribution in [0.15, 0.2) is 0 Å². The standard InChI is InChI=1S/C9H22N4O/c1-7(11)6-13-9(14)5-8(12)3-2-4-10/h7-8H,2-6,10-12H2,1H3,(H,13,14)/t7-,8?/m1/s1. The zero-order chi connectivity index (χ0) is 11.0. The molecule has 2 atom stereocenters. The molecule has 7 N–H and O–H groups in total. The van der Waals surface area contributed by atoms with Crippen molar-refractivity contribution in [3.63, 3.8) is 0 Å². The molecule has 0 aliphatic heterocycles. The highest BCUT2D eigenvalue weighted by Crippen LogP contribution is 1.97. The van der Waals surface area contributed by atoms with Gasteiger partial charge in [0.2, 0.25) is 5.91 Å². The molecule has 0 heterocycles. The zero-order valence-corrected chi connectivity index (χ0v) is 8.83. The van der Waals surface area contributed by atoms with Gasteiger partial charge < -0.3 is 22.5 Å². The van der Waals surface area contributed by atoms with E-state index < -0.39 is 0 Å². The normalized spacial score (nSPS) is 14.9. The number of hydrogen-bond donors (Lipinski definition) is 4. The number of carbonyl (C=O) groups is 1. The van der Waals surface area contributed by atoms with E-state index in [9.17, 15) is 4.79 Å². The minimum Gasteiger partial charge on any atom is -0.355 e. The number of hydrogen-bond acceptors (Lipinski definition) is 4. The van der Waals surface area contributed by atoms with Crippen LogP contribution in [-0.2, 0) is 4.79 Å². The molecule has 0 saturated carbocycles. The summed E-state index contributed by atoms with van der Waals surface area (Å²) in [5.41, 5.74) is 16.5. The summed E-state index contributed by atoms with van der Waals surface area (Å²) in [5, 5.41) is 2.71. The molecule has 0 rings (SSSR count). The Kier molecular flexibility index (Phi) is 7.37. The highest BCUT2D eigenvalue weighted by Gasteiger charge is 2.08. The van der Waals surface area contributed by atoms with Gasteiger partial charge in [0.25, 0.3) is 0 Å². The molecule has 0 aliphatic rings. The first kappa shape index (κ1) is 13.4. The molecular weight excluding hydrogens is 180 g/mol. The Morgan fingerprint density at radius 3 is 2.57 bits per heavy atom. The van der Waals surface area contributed by atoms with Crippen LogP contribution in [-0.4, -0.2) is 31.1 Å². The summed E-state index contributed by atoms with van der Waals surface area (Å²) in [6, 6.07) is -0.106. The predicted octanol–water partition coefficient (Wildman–Crippen LogP) is -1.09. The molecule has 0 aliphatic carbocycles. The lowest BCUT2D eigenvalue weighted by molar-refractivity contribution is -0.121. The van der Waals surface area contributed by atoms with Crippen molar-refractivity contribution >= 4 is 5.91 Å². The van der Waals surface area contributed by atoms with Crippen molar-refractivity contribution in [1.82, 2.24) is 5.32 Å². The Bertz CT molecular complexity index is 161. The van der Waals surface area contributed by atoms with Gasteiger partial charge >= 0.3 is 0 Å². The van der Waals surface area contributed by atoms with E-state index in [1.165, 1.54) is 0 Å². The monoisotopic (exact) mass is 202 g/mol. The van der Waals surface area contributed by atoms with E-state index >= 15 is 0 Å². The first-order chi connectivity index (χ1) is 6.56. The summed E-state index contributed by atoms with van der Waals surface area (Å²) < 4.78 is 0. The zero-order valence-electron chi connectivity index (χ0n) is 8.83. The van der Waals surface area contributed by atoms with Gasteiger partial charge in [-0.05, 0) is 26.3 Å². The third kappa shape index (κ3) is 7.97. The maximum Gasteiger partial charge on any atom is 0.221 e. The second-order valence-electron chi connectivity index (χ2n) is 3.68. The van der Waals surface area contributed by atoms with Crippen LogP contribution in [0.5, 0.6) is 0 Å². The van der Waals surface area contributed by atoms with E-state index in [1.54, 1.807) is 0 Å². The van der Waals surface area contributed by atoms with E-state index in [2.05, 4.69) is 5.32 Å². The molecule has 0 aromatic heterocycles. The lowest BCUT2D eigenvalue weighted by Crippen LogP contribution is -2.38. The Morgan fingerprint density at radius 2 is 2.07 bits per heavy atom. The molecule has 1 amide bonds. The van der Waals surface area contributed by atoms with Gasteiger partial charge in [0.1, 0.15) is 0 Å². The largest absolute Gasteiger partial charge is 0.355 e. The lowest BCUT2D eigenvalue weighted by Gasteiger charge is -2.12. The van der Waals surface area contributed by atoms with E-state index in [1.807, 2.05) is 6.92 Å². The van der Waals surface area contributed by atoms with Gasteiger partial charge in [-0.3, -0.25) is 4.79 Å². The highest BCUT2D eigenvalue weighted by atomic mass is 16.1. The van der Waals surface area contributed by atoms with Crippen molar-refractivity contribution in [1.29, 1.82) is 0 Å². The van der Waals surface area contributed by atoms with Crippen molar-refractivity contribution in [3.05, 3.63) is 0 Å². The second kappa shape index (κ2) is 7.73. The first-order valence-corrected chi connectivity index (χ1v) is 5.04. The number of nitrogens with one attached hydrogen (secondary N) is 1. The van der Waals surface area contributed by atoms with Crippen LogP contribution in [0.3, 0.4) is 0 Å². The van der Waals surface area contributed by atoms with Crippen molar-refractivity contribution in [2.24, 2.45) is 17.2 Å². The molecule has 5 nitrogen and oxygen atoms in total. The van der Waals surface area contributed by atoms with E-state index in [0.29, 0.717) is 19.5 Å². The van der Waals surface area contributed by atoms with Gasteiger partial charge in [-0.2, -0.15) is 0 Å². The molecule has 0 aromatic carbocycles. The van der Waals surface area contributed by atoms with E-state index in [0.717, 1.165) is 12.8 Å².